The van der Waals surface area contributed by atoms with E-state index in [1.165, 1.54) is 33.5 Å². The molecule has 1 amide bonds. The van der Waals surface area contributed by atoms with Crippen molar-refractivity contribution in [1.82, 2.24) is 9.21 Å². The van der Waals surface area contributed by atoms with Gasteiger partial charge in [0, 0.05) is 26.1 Å². The highest BCUT2D eigenvalue weighted by molar-refractivity contribution is 7.89. The normalized spacial score (nSPS) is 15.8. The molecule has 32 heavy (non-hydrogen) atoms. The second-order valence-electron chi connectivity index (χ2n) is 8.70. The summed E-state index contributed by atoms with van der Waals surface area (Å²) in [6.45, 7) is 7.44. The SMILES string of the molecule is CCOC(=O)c1ccc(S(=O)(=O)N2CCC(C(=O)N(C)CC(=O)OC(C)(C)C)CC2)cc1. The zero-order chi connectivity index (χ0) is 24.1. The molecule has 1 aromatic carbocycles. The Bertz CT molecular complexity index is 928. The summed E-state index contributed by atoms with van der Waals surface area (Å²) in [5.74, 6) is -1.56. The lowest BCUT2D eigenvalue weighted by atomic mass is 9.97. The number of hydrogen-bond acceptors (Lipinski definition) is 7. The van der Waals surface area contributed by atoms with Crippen molar-refractivity contribution in [2.75, 3.05) is 33.3 Å². The van der Waals surface area contributed by atoms with E-state index in [0.717, 1.165) is 0 Å². The van der Waals surface area contributed by atoms with Crippen molar-refractivity contribution < 1.29 is 32.3 Å². The quantitative estimate of drug-likeness (QED) is 0.563. The van der Waals surface area contributed by atoms with Crippen LogP contribution in [0.15, 0.2) is 29.2 Å². The second-order valence-corrected chi connectivity index (χ2v) is 10.6. The van der Waals surface area contributed by atoms with E-state index in [0.29, 0.717) is 12.8 Å². The fourth-order valence-corrected chi connectivity index (χ4v) is 4.90. The van der Waals surface area contributed by atoms with Crippen molar-refractivity contribution in [3.63, 3.8) is 0 Å². The number of benzene rings is 1. The third kappa shape index (κ3) is 6.77. The van der Waals surface area contributed by atoms with Crippen molar-refractivity contribution in [2.45, 2.75) is 51.0 Å². The van der Waals surface area contributed by atoms with Gasteiger partial charge < -0.3 is 14.4 Å². The molecule has 1 aliphatic heterocycles. The molecule has 9 nitrogen and oxygen atoms in total. The average Bonchev–Trinajstić information content (AvgIpc) is 2.72. The first-order valence-corrected chi connectivity index (χ1v) is 12.0. The van der Waals surface area contributed by atoms with Crippen molar-refractivity contribution in [1.29, 1.82) is 0 Å². The Labute approximate surface area is 189 Å². The molecular weight excluding hydrogens is 436 g/mol. The molecule has 1 aliphatic rings. The van der Waals surface area contributed by atoms with Gasteiger partial charge in [0.05, 0.1) is 17.1 Å². The van der Waals surface area contributed by atoms with Gasteiger partial charge in [-0.2, -0.15) is 4.31 Å². The van der Waals surface area contributed by atoms with Gasteiger partial charge in [0.25, 0.3) is 0 Å². The monoisotopic (exact) mass is 468 g/mol. The number of rotatable bonds is 7. The van der Waals surface area contributed by atoms with Crippen LogP contribution in [0, 0.1) is 5.92 Å². The van der Waals surface area contributed by atoms with E-state index in [-0.39, 0.29) is 48.5 Å². The molecule has 2 rings (SSSR count). The molecule has 0 saturated carbocycles. The summed E-state index contributed by atoms with van der Waals surface area (Å²) < 4.78 is 37.4. The summed E-state index contributed by atoms with van der Waals surface area (Å²) in [4.78, 5) is 37.8. The summed E-state index contributed by atoms with van der Waals surface area (Å²) in [5.41, 5.74) is -0.349. The first-order valence-electron chi connectivity index (χ1n) is 10.6. The molecule has 1 heterocycles. The molecule has 1 aromatic rings. The van der Waals surface area contributed by atoms with Crippen molar-refractivity contribution in [2.24, 2.45) is 5.92 Å². The molecule has 0 unspecified atom stereocenters. The Morgan fingerprint density at radius 3 is 2.16 bits per heavy atom. The lowest BCUT2D eigenvalue weighted by molar-refractivity contribution is -0.159. The van der Waals surface area contributed by atoms with Gasteiger partial charge in [-0.25, -0.2) is 13.2 Å². The van der Waals surface area contributed by atoms with Crippen LogP contribution >= 0.6 is 0 Å². The molecule has 0 radical (unpaired) electrons. The maximum atomic E-state index is 12.9. The molecular formula is C22H32N2O7S. The molecule has 0 bridgehead atoms. The van der Waals surface area contributed by atoms with Gasteiger partial charge in [-0.1, -0.05) is 0 Å². The fraction of sp³-hybridized carbons (Fsp3) is 0.591. The summed E-state index contributed by atoms with van der Waals surface area (Å²) in [7, 11) is -2.20. The summed E-state index contributed by atoms with van der Waals surface area (Å²) in [5, 5.41) is 0. The maximum Gasteiger partial charge on any atom is 0.338 e. The van der Waals surface area contributed by atoms with Crippen LogP contribution < -0.4 is 0 Å². The van der Waals surface area contributed by atoms with Crippen molar-refractivity contribution in [3.05, 3.63) is 29.8 Å². The Kier molecular flexibility index (Phi) is 8.41. The minimum atomic E-state index is -3.74. The number of sulfonamides is 1. The molecule has 0 aromatic heterocycles. The van der Waals surface area contributed by atoms with Crippen LogP contribution in [-0.4, -0.2) is 74.4 Å². The smallest absolute Gasteiger partial charge is 0.338 e. The number of carbonyl (C=O) groups is 3. The van der Waals surface area contributed by atoms with E-state index >= 15 is 0 Å². The van der Waals surface area contributed by atoms with E-state index in [9.17, 15) is 22.8 Å². The van der Waals surface area contributed by atoms with Crippen LogP contribution in [0.1, 0.15) is 50.9 Å². The Morgan fingerprint density at radius 1 is 1.09 bits per heavy atom. The number of carbonyl (C=O) groups excluding carboxylic acids is 3. The van der Waals surface area contributed by atoms with Gasteiger partial charge in [-0.05, 0) is 64.8 Å². The number of esters is 2. The number of amides is 1. The zero-order valence-electron chi connectivity index (χ0n) is 19.3. The molecule has 1 saturated heterocycles. The van der Waals surface area contributed by atoms with E-state index in [2.05, 4.69) is 0 Å². The Hall–Kier alpha value is -2.46. The van der Waals surface area contributed by atoms with Crippen LogP contribution in [0.4, 0.5) is 0 Å². The van der Waals surface area contributed by atoms with Crippen LogP contribution in [0.2, 0.25) is 0 Å². The fourth-order valence-electron chi connectivity index (χ4n) is 3.43. The van der Waals surface area contributed by atoms with Gasteiger partial charge in [0.2, 0.25) is 15.9 Å². The highest BCUT2D eigenvalue weighted by Gasteiger charge is 2.34. The van der Waals surface area contributed by atoms with E-state index < -0.39 is 27.6 Å². The summed E-state index contributed by atoms with van der Waals surface area (Å²) in [6.07, 6.45) is 0.718. The van der Waals surface area contributed by atoms with Gasteiger partial charge in [0.1, 0.15) is 12.1 Å². The van der Waals surface area contributed by atoms with Crippen LogP contribution in [-0.2, 0) is 29.1 Å². The second kappa shape index (κ2) is 10.4. The van der Waals surface area contributed by atoms with Crippen molar-refractivity contribution >= 4 is 27.9 Å². The van der Waals surface area contributed by atoms with E-state index in [1.54, 1.807) is 34.7 Å². The van der Waals surface area contributed by atoms with Crippen LogP contribution in [0.25, 0.3) is 0 Å². The maximum absolute atomic E-state index is 12.9. The van der Waals surface area contributed by atoms with Gasteiger partial charge >= 0.3 is 11.9 Å². The zero-order valence-corrected chi connectivity index (χ0v) is 20.1. The molecule has 178 valence electrons. The third-order valence-corrected chi connectivity index (χ3v) is 6.88. The average molecular weight is 469 g/mol. The summed E-state index contributed by atoms with van der Waals surface area (Å²) in [6, 6.07) is 5.61. The Morgan fingerprint density at radius 2 is 1.66 bits per heavy atom. The molecule has 0 aliphatic carbocycles. The first kappa shape index (κ1) is 25.8. The molecule has 0 N–H and O–H groups in total. The van der Waals surface area contributed by atoms with Crippen LogP contribution in [0.5, 0.6) is 0 Å². The number of hydrogen-bond donors (Lipinski definition) is 0. The minimum Gasteiger partial charge on any atom is -0.462 e. The molecule has 0 spiro atoms. The lowest BCUT2D eigenvalue weighted by Gasteiger charge is -2.32. The van der Waals surface area contributed by atoms with Gasteiger partial charge in [-0.15, -0.1) is 0 Å². The molecule has 0 atom stereocenters. The highest BCUT2D eigenvalue weighted by atomic mass is 32.2. The van der Waals surface area contributed by atoms with Gasteiger partial charge in [-0.3, -0.25) is 9.59 Å². The standard InChI is InChI=1S/C22H32N2O7S/c1-6-30-21(27)17-7-9-18(10-8-17)32(28,29)24-13-11-16(12-14-24)20(26)23(5)15-19(25)31-22(2,3)4/h7-10,16H,6,11-15H2,1-5H3. The van der Waals surface area contributed by atoms with E-state index in [1.807, 2.05) is 0 Å². The van der Waals surface area contributed by atoms with E-state index in [4.69, 9.17) is 9.47 Å². The number of ether oxygens (including phenoxy) is 2. The van der Waals surface area contributed by atoms with Crippen LogP contribution in [0.3, 0.4) is 0 Å². The summed E-state index contributed by atoms with van der Waals surface area (Å²) >= 11 is 0. The third-order valence-electron chi connectivity index (χ3n) is 4.97. The minimum absolute atomic E-state index is 0.0809. The number of piperidine rings is 1. The predicted molar refractivity (Wildman–Crippen MR) is 117 cm³/mol. The molecule has 1 fully saturated rings. The predicted octanol–water partition coefficient (Wildman–Crippen LogP) is 2.06. The largest absolute Gasteiger partial charge is 0.462 e. The molecule has 10 heteroatoms. The topological polar surface area (TPSA) is 110 Å². The first-order chi connectivity index (χ1) is 14.8. The van der Waals surface area contributed by atoms with Crippen molar-refractivity contribution in [3.8, 4) is 0 Å². The lowest BCUT2D eigenvalue weighted by Crippen LogP contribution is -2.45. The van der Waals surface area contributed by atoms with Gasteiger partial charge in [0.15, 0.2) is 0 Å². The number of likely N-dealkylation sites (N-methyl/N-ethyl adjacent to an activating group) is 1. The Balaban J connectivity index is 1.95. The number of nitrogens with zero attached hydrogens (tertiary/aromatic N) is 2. The highest BCUT2D eigenvalue weighted by Crippen LogP contribution is 2.25.